The van der Waals surface area contributed by atoms with Gasteiger partial charge in [-0.25, -0.2) is 0 Å². The maximum atomic E-state index is 13.2. The van der Waals surface area contributed by atoms with Crippen molar-refractivity contribution in [3.63, 3.8) is 0 Å². The number of aromatic nitrogens is 3. The minimum atomic E-state index is -0.316. The highest BCUT2D eigenvalue weighted by Gasteiger charge is 2.23. The first-order chi connectivity index (χ1) is 19.3. The summed E-state index contributed by atoms with van der Waals surface area (Å²) in [6.45, 7) is 10.8. The van der Waals surface area contributed by atoms with Gasteiger partial charge in [0.05, 0.1) is 5.25 Å². The van der Waals surface area contributed by atoms with Crippen LogP contribution in [0.4, 0.5) is 11.4 Å². The van der Waals surface area contributed by atoms with Gasteiger partial charge in [-0.15, -0.1) is 10.2 Å². The topological polar surface area (TPSA) is 88.9 Å². The predicted molar refractivity (Wildman–Crippen MR) is 164 cm³/mol. The molecule has 3 aromatic carbocycles. The highest BCUT2D eigenvalue weighted by Crippen LogP contribution is 2.30. The third-order valence-corrected chi connectivity index (χ3v) is 7.85. The number of carbonyl (C=O) groups excluding carboxylic acids is 2. The molecule has 1 atom stereocenters. The molecule has 4 rings (SSSR count). The summed E-state index contributed by atoms with van der Waals surface area (Å²) in [5.74, 6) is 0.468. The van der Waals surface area contributed by atoms with Crippen LogP contribution in [0.25, 0.3) is 17.5 Å². The number of thioether (sulfide) groups is 1. The fourth-order valence-electron chi connectivity index (χ4n) is 4.53. The van der Waals surface area contributed by atoms with Gasteiger partial charge in [0.15, 0.2) is 11.0 Å². The van der Waals surface area contributed by atoms with Crippen LogP contribution in [-0.4, -0.2) is 31.8 Å². The van der Waals surface area contributed by atoms with Gasteiger partial charge in [0.25, 0.3) is 0 Å². The third-order valence-electron chi connectivity index (χ3n) is 6.51. The molecule has 40 heavy (non-hydrogen) atoms. The van der Waals surface area contributed by atoms with Crippen molar-refractivity contribution in [3.8, 4) is 11.4 Å². The van der Waals surface area contributed by atoms with Crippen molar-refractivity contribution in [2.45, 2.75) is 58.0 Å². The first kappa shape index (κ1) is 28.8. The Bertz CT molecular complexity index is 1490. The van der Waals surface area contributed by atoms with Crippen LogP contribution >= 0.6 is 11.8 Å². The number of carbonyl (C=O) groups is 2. The normalized spacial score (nSPS) is 11.9. The lowest BCUT2D eigenvalue weighted by Crippen LogP contribution is -2.26. The highest BCUT2D eigenvalue weighted by molar-refractivity contribution is 8.00. The van der Waals surface area contributed by atoms with E-state index in [1.165, 1.54) is 23.4 Å². The zero-order valence-electron chi connectivity index (χ0n) is 23.6. The van der Waals surface area contributed by atoms with Crippen molar-refractivity contribution < 1.29 is 9.59 Å². The molecule has 1 aromatic heterocycles. The Morgan fingerprint density at radius 3 is 2.23 bits per heavy atom. The van der Waals surface area contributed by atoms with E-state index in [-0.39, 0.29) is 17.1 Å². The Balaban J connectivity index is 1.44. The number of anilines is 2. The standard InChI is InChI=1S/C32H35N5O2S/c1-6-27(31(39)34-29-22(4)19-21(3)20-23(29)5)40-32-36-35-30(37(32)7-2)25-14-16-26(17-15-25)33-28(38)18-13-24-11-9-8-10-12-24/h8-20,27H,6-7H2,1-5H3,(H,33,38)(H,34,39)/b18-13+. The van der Waals surface area contributed by atoms with Crippen LogP contribution in [0.1, 0.15) is 42.5 Å². The summed E-state index contributed by atoms with van der Waals surface area (Å²) >= 11 is 1.43. The number of nitrogens with one attached hydrogen (secondary N) is 2. The number of hydrogen-bond donors (Lipinski definition) is 2. The number of aryl methyl sites for hydroxylation is 3. The second-order valence-electron chi connectivity index (χ2n) is 9.64. The van der Waals surface area contributed by atoms with Gasteiger partial charge in [-0.3, -0.25) is 9.59 Å². The van der Waals surface area contributed by atoms with Crippen LogP contribution in [0.15, 0.2) is 78.0 Å². The number of amides is 2. The van der Waals surface area contributed by atoms with Crippen molar-refractivity contribution in [3.05, 3.63) is 95.1 Å². The van der Waals surface area contributed by atoms with E-state index in [4.69, 9.17) is 0 Å². The minimum absolute atomic E-state index is 0.0452. The lowest BCUT2D eigenvalue weighted by molar-refractivity contribution is -0.115. The molecule has 4 aromatic rings. The average molecular weight is 554 g/mol. The van der Waals surface area contributed by atoms with Gasteiger partial charge in [-0.05, 0) is 81.1 Å². The van der Waals surface area contributed by atoms with E-state index in [1.54, 1.807) is 6.08 Å². The number of rotatable bonds is 10. The van der Waals surface area contributed by atoms with Crippen molar-refractivity contribution in [2.75, 3.05) is 10.6 Å². The van der Waals surface area contributed by atoms with E-state index in [0.717, 1.165) is 27.9 Å². The quantitative estimate of drug-likeness (QED) is 0.162. The van der Waals surface area contributed by atoms with Gasteiger partial charge in [-0.1, -0.05) is 66.7 Å². The van der Waals surface area contributed by atoms with Crippen LogP contribution in [0, 0.1) is 20.8 Å². The molecule has 0 saturated heterocycles. The highest BCUT2D eigenvalue weighted by atomic mass is 32.2. The summed E-state index contributed by atoms with van der Waals surface area (Å²) in [7, 11) is 0. The zero-order valence-corrected chi connectivity index (χ0v) is 24.4. The number of hydrogen-bond acceptors (Lipinski definition) is 5. The largest absolute Gasteiger partial charge is 0.325 e. The SMILES string of the molecule is CCC(Sc1nnc(-c2ccc(NC(=O)/C=C/c3ccccc3)cc2)n1CC)C(=O)Nc1c(C)cc(C)cc1C. The lowest BCUT2D eigenvalue weighted by Gasteiger charge is -2.18. The van der Waals surface area contributed by atoms with Crippen LogP contribution in [0.5, 0.6) is 0 Å². The molecule has 1 unspecified atom stereocenters. The Morgan fingerprint density at radius 1 is 0.925 bits per heavy atom. The molecule has 1 heterocycles. The zero-order chi connectivity index (χ0) is 28.6. The smallest absolute Gasteiger partial charge is 0.248 e. The molecule has 0 radical (unpaired) electrons. The Morgan fingerprint density at radius 2 is 1.60 bits per heavy atom. The molecule has 2 amide bonds. The molecule has 0 aliphatic rings. The molecule has 0 fully saturated rings. The summed E-state index contributed by atoms with van der Waals surface area (Å²) in [6.07, 6.45) is 3.95. The second kappa shape index (κ2) is 13.3. The minimum Gasteiger partial charge on any atom is -0.325 e. The molecule has 0 aliphatic carbocycles. The van der Waals surface area contributed by atoms with Gasteiger partial charge in [0.2, 0.25) is 11.8 Å². The van der Waals surface area contributed by atoms with Crippen molar-refractivity contribution in [1.82, 2.24) is 14.8 Å². The fourth-order valence-corrected chi connectivity index (χ4v) is 5.55. The van der Waals surface area contributed by atoms with Crippen LogP contribution < -0.4 is 10.6 Å². The van der Waals surface area contributed by atoms with Gasteiger partial charge in [0, 0.05) is 29.6 Å². The van der Waals surface area contributed by atoms with Gasteiger partial charge >= 0.3 is 0 Å². The van der Waals surface area contributed by atoms with E-state index >= 15 is 0 Å². The predicted octanol–water partition coefficient (Wildman–Crippen LogP) is 7.05. The van der Waals surface area contributed by atoms with Crippen LogP contribution in [-0.2, 0) is 16.1 Å². The summed E-state index contributed by atoms with van der Waals surface area (Å²) < 4.78 is 2.01. The molecule has 0 spiro atoms. The molecule has 206 valence electrons. The van der Waals surface area contributed by atoms with E-state index < -0.39 is 0 Å². The van der Waals surface area contributed by atoms with Crippen LogP contribution in [0.2, 0.25) is 0 Å². The maximum absolute atomic E-state index is 13.2. The summed E-state index contributed by atoms with van der Waals surface area (Å²) in [5, 5.41) is 15.3. The second-order valence-corrected chi connectivity index (χ2v) is 10.8. The van der Waals surface area contributed by atoms with Crippen molar-refractivity contribution >= 4 is 41.0 Å². The molecule has 0 saturated carbocycles. The summed E-state index contributed by atoms with van der Waals surface area (Å²) in [4.78, 5) is 25.6. The van der Waals surface area contributed by atoms with Crippen LogP contribution in [0.3, 0.4) is 0 Å². The monoisotopic (exact) mass is 553 g/mol. The summed E-state index contributed by atoms with van der Waals surface area (Å²) in [5.41, 5.74) is 6.68. The first-order valence-corrected chi connectivity index (χ1v) is 14.3. The first-order valence-electron chi connectivity index (χ1n) is 13.4. The molecular formula is C32H35N5O2S. The molecule has 2 N–H and O–H groups in total. The van der Waals surface area contributed by atoms with Gasteiger partial charge < -0.3 is 15.2 Å². The van der Waals surface area contributed by atoms with Gasteiger partial charge in [-0.2, -0.15) is 0 Å². The number of benzene rings is 3. The third kappa shape index (κ3) is 7.07. The molecule has 0 bridgehead atoms. The Labute approximate surface area is 240 Å². The summed E-state index contributed by atoms with van der Waals surface area (Å²) in [6, 6.07) is 21.4. The average Bonchev–Trinajstić information content (AvgIpc) is 3.35. The molecule has 0 aliphatic heterocycles. The number of nitrogens with zero attached hydrogens (tertiary/aromatic N) is 3. The Hall–Kier alpha value is -4.17. The van der Waals surface area contributed by atoms with E-state index in [0.29, 0.717) is 29.6 Å². The molecular weight excluding hydrogens is 518 g/mol. The fraction of sp³-hybridized carbons (Fsp3) is 0.250. The molecule has 8 heteroatoms. The maximum Gasteiger partial charge on any atom is 0.248 e. The van der Waals surface area contributed by atoms with Gasteiger partial charge in [0.1, 0.15) is 0 Å². The molecule has 7 nitrogen and oxygen atoms in total. The lowest BCUT2D eigenvalue weighted by atomic mass is 10.0. The van der Waals surface area contributed by atoms with E-state index in [9.17, 15) is 9.59 Å². The van der Waals surface area contributed by atoms with E-state index in [1.807, 2.05) is 86.9 Å². The van der Waals surface area contributed by atoms with Crippen molar-refractivity contribution in [1.29, 1.82) is 0 Å². The van der Waals surface area contributed by atoms with E-state index in [2.05, 4.69) is 39.9 Å². The Kier molecular flexibility index (Phi) is 9.56. The van der Waals surface area contributed by atoms with Crippen molar-refractivity contribution in [2.24, 2.45) is 0 Å².